The van der Waals surface area contributed by atoms with Crippen molar-refractivity contribution in [2.75, 3.05) is 43.1 Å². The number of alkyl halides is 3. The van der Waals surface area contributed by atoms with Crippen molar-refractivity contribution in [2.24, 2.45) is 4.99 Å². The van der Waals surface area contributed by atoms with Crippen molar-refractivity contribution >= 4 is 23.0 Å². The van der Waals surface area contributed by atoms with Gasteiger partial charge in [-0.1, -0.05) is 24.3 Å². The summed E-state index contributed by atoms with van der Waals surface area (Å²) in [5.74, 6) is 0.773. The summed E-state index contributed by atoms with van der Waals surface area (Å²) in [5, 5.41) is 0. The number of nitrogens with zero attached hydrogens (tertiary/aromatic N) is 4. The molecule has 0 atom stereocenters. The van der Waals surface area contributed by atoms with E-state index >= 15 is 0 Å². The second kappa shape index (κ2) is 9.13. The highest BCUT2D eigenvalue weighted by molar-refractivity contribution is 5.99. The number of guanidine groups is 1. The zero-order chi connectivity index (χ0) is 24.6. The monoisotopic (exact) mass is 484 g/mol. The summed E-state index contributed by atoms with van der Waals surface area (Å²) in [6.45, 7) is 2.73. The van der Waals surface area contributed by atoms with Crippen LogP contribution in [-0.4, -0.2) is 44.1 Å². The fourth-order valence-corrected chi connectivity index (χ4v) is 4.48. The normalized spacial score (nSPS) is 16.1. The van der Waals surface area contributed by atoms with Crippen LogP contribution in [-0.2, 0) is 12.7 Å². The lowest BCUT2D eigenvalue weighted by molar-refractivity contribution is -0.137. The summed E-state index contributed by atoms with van der Waals surface area (Å²) in [7, 11) is 1.62. The van der Waals surface area contributed by atoms with E-state index in [2.05, 4.69) is 9.89 Å². The van der Waals surface area contributed by atoms with E-state index in [1.165, 1.54) is 12.1 Å². The lowest BCUT2D eigenvalue weighted by atomic mass is 10.1. The number of piperazine rings is 1. The lowest BCUT2D eigenvalue weighted by Gasteiger charge is -2.42. The summed E-state index contributed by atoms with van der Waals surface area (Å²) in [4.78, 5) is 10.6. The summed E-state index contributed by atoms with van der Waals surface area (Å²) in [5.41, 5.74) is 1.52. The van der Waals surface area contributed by atoms with Gasteiger partial charge in [-0.2, -0.15) is 13.2 Å². The number of fused-ring (bicyclic) bond motifs is 1. The predicted molar refractivity (Wildman–Crippen MR) is 128 cm³/mol. The summed E-state index contributed by atoms with van der Waals surface area (Å²) in [6.07, 6.45) is -4.46. The van der Waals surface area contributed by atoms with E-state index in [4.69, 9.17) is 4.74 Å². The van der Waals surface area contributed by atoms with Crippen LogP contribution < -0.4 is 14.5 Å². The van der Waals surface area contributed by atoms with E-state index in [0.717, 1.165) is 23.6 Å². The Balaban J connectivity index is 1.46. The molecule has 0 N–H and O–H groups in total. The number of aliphatic imine (C=N–C) groups is 1. The number of anilines is 2. The van der Waals surface area contributed by atoms with Crippen LogP contribution in [0.1, 0.15) is 11.1 Å². The smallest absolute Gasteiger partial charge is 0.416 e. The van der Waals surface area contributed by atoms with Crippen LogP contribution in [0.3, 0.4) is 0 Å². The minimum Gasteiger partial charge on any atom is -0.497 e. The molecule has 0 saturated carbocycles. The molecule has 0 amide bonds. The number of ether oxygens (including phenoxy) is 1. The van der Waals surface area contributed by atoms with Crippen molar-refractivity contribution in [1.82, 2.24) is 4.90 Å². The van der Waals surface area contributed by atoms with Crippen LogP contribution in [0.25, 0.3) is 0 Å². The molecule has 0 spiro atoms. The van der Waals surface area contributed by atoms with Gasteiger partial charge in [0.25, 0.3) is 0 Å². The number of halogens is 4. The van der Waals surface area contributed by atoms with Crippen molar-refractivity contribution in [3.8, 4) is 5.75 Å². The van der Waals surface area contributed by atoms with Gasteiger partial charge in [-0.25, -0.2) is 9.38 Å². The molecule has 0 radical (unpaired) electrons. The Labute approximate surface area is 200 Å². The number of rotatable bonds is 3. The van der Waals surface area contributed by atoms with E-state index in [9.17, 15) is 17.6 Å². The van der Waals surface area contributed by atoms with Gasteiger partial charge in [-0.3, -0.25) is 0 Å². The minimum absolute atomic E-state index is 0.226. The van der Waals surface area contributed by atoms with Gasteiger partial charge in [-0.05, 0) is 36.4 Å². The minimum atomic E-state index is -4.46. The molecular weight excluding hydrogens is 460 g/mol. The van der Waals surface area contributed by atoms with Crippen molar-refractivity contribution in [3.05, 3.63) is 83.7 Å². The summed E-state index contributed by atoms with van der Waals surface area (Å²) < 4.78 is 60.2. The van der Waals surface area contributed by atoms with Gasteiger partial charge in [0.2, 0.25) is 5.96 Å². The molecule has 35 heavy (non-hydrogen) atoms. The third-order valence-electron chi connectivity index (χ3n) is 6.32. The first-order valence-corrected chi connectivity index (χ1v) is 11.3. The molecule has 1 fully saturated rings. The molecule has 0 unspecified atom stereocenters. The molecule has 2 heterocycles. The Hall–Kier alpha value is -3.75. The number of methoxy groups -OCH3 is 1. The van der Waals surface area contributed by atoms with Crippen molar-refractivity contribution in [1.29, 1.82) is 0 Å². The highest BCUT2D eigenvalue weighted by atomic mass is 19.4. The number of benzene rings is 3. The summed E-state index contributed by atoms with van der Waals surface area (Å²) >= 11 is 0. The number of para-hydroxylation sites is 1. The van der Waals surface area contributed by atoms with Crippen LogP contribution in [0.4, 0.5) is 34.6 Å². The molecule has 2 aliphatic heterocycles. The van der Waals surface area contributed by atoms with Crippen LogP contribution in [0.15, 0.2) is 71.7 Å². The van der Waals surface area contributed by atoms with Crippen LogP contribution in [0, 0.1) is 5.82 Å². The van der Waals surface area contributed by atoms with Gasteiger partial charge in [0.1, 0.15) is 17.3 Å². The average molecular weight is 484 g/mol. The molecule has 5 rings (SSSR count). The SMILES string of the molecule is COc1cccc(N2CCN(C3=Nc4c(F)cccc4CN3c3cccc(C(F)(F)F)c3)CC2)c1. The molecule has 2 aliphatic rings. The number of hydrogen-bond acceptors (Lipinski definition) is 5. The van der Waals surface area contributed by atoms with Gasteiger partial charge in [0.15, 0.2) is 0 Å². The van der Waals surface area contributed by atoms with E-state index in [1.54, 1.807) is 30.2 Å². The van der Waals surface area contributed by atoms with Gasteiger partial charge in [0, 0.05) is 49.2 Å². The van der Waals surface area contributed by atoms with Crippen LogP contribution in [0.5, 0.6) is 5.75 Å². The topological polar surface area (TPSA) is 31.3 Å². The number of hydrogen-bond donors (Lipinski definition) is 0. The van der Waals surface area contributed by atoms with E-state index in [1.807, 2.05) is 29.2 Å². The molecule has 9 heteroatoms. The zero-order valence-corrected chi connectivity index (χ0v) is 19.1. The van der Waals surface area contributed by atoms with Crippen LogP contribution >= 0.6 is 0 Å². The molecule has 3 aromatic rings. The second-order valence-electron chi connectivity index (χ2n) is 8.47. The lowest BCUT2D eigenvalue weighted by Crippen LogP contribution is -2.54. The average Bonchev–Trinajstić information content (AvgIpc) is 2.88. The van der Waals surface area contributed by atoms with Crippen molar-refractivity contribution in [2.45, 2.75) is 12.7 Å². The largest absolute Gasteiger partial charge is 0.497 e. The Morgan fingerprint density at radius 2 is 1.51 bits per heavy atom. The molecule has 1 saturated heterocycles. The Morgan fingerprint density at radius 3 is 2.26 bits per heavy atom. The van der Waals surface area contributed by atoms with E-state index < -0.39 is 17.6 Å². The van der Waals surface area contributed by atoms with E-state index in [-0.39, 0.29) is 12.2 Å². The molecule has 3 aromatic carbocycles. The van der Waals surface area contributed by atoms with E-state index in [0.29, 0.717) is 43.4 Å². The molecule has 0 aliphatic carbocycles. The fourth-order valence-electron chi connectivity index (χ4n) is 4.48. The molecular formula is C26H24F4N4O. The Kier molecular flexibility index (Phi) is 6.00. The molecule has 0 bridgehead atoms. The first kappa shape index (κ1) is 23.0. The summed E-state index contributed by atoms with van der Waals surface area (Å²) in [6, 6.07) is 17.7. The maximum atomic E-state index is 14.6. The third-order valence-corrected chi connectivity index (χ3v) is 6.32. The first-order valence-electron chi connectivity index (χ1n) is 11.3. The highest BCUT2D eigenvalue weighted by Gasteiger charge is 2.33. The Bertz CT molecular complexity index is 1250. The second-order valence-corrected chi connectivity index (χ2v) is 8.47. The first-order chi connectivity index (χ1) is 16.8. The van der Waals surface area contributed by atoms with Crippen LogP contribution in [0.2, 0.25) is 0 Å². The molecule has 182 valence electrons. The maximum Gasteiger partial charge on any atom is 0.416 e. The quantitative estimate of drug-likeness (QED) is 0.448. The molecule has 5 nitrogen and oxygen atoms in total. The van der Waals surface area contributed by atoms with Crippen molar-refractivity contribution in [3.63, 3.8) is 0 Å². The predicted octanol–water partition coefficient (Wildman–Crippen LogP) is 5.68. The highest BCUT2D eigenvalue weighted by Crippen LogP contribution is 2.36. The molecule has 0 aromatic heterocycles. The maximum absolute atomic E-state index is 14.6. The van der Waals surface area contributed by atoms with Gasteiger partial charge < -0.3 is 19.4 Å². The van der Waals surface area contributed by atoms with Crippen molar-refractivity contribution < 1.29 is 22.3 Å². The zero-order valence-electron chi connectivity index (χ0n) is 19.1. The van der Waals surface area contributed by atoms with Gasteiger partial charge >= 0.3 is 6.18 Å². The third kappa shape index (κ3) is 4.62. The Morgan fingerprint density at radius 1 is 0.829 bits per heavy atom. The van der Waals surface area contributed by atoms with Gasteiger partial charge in [-0.15, -0.1) is 0 Å². The van der Waals surface area contributed by atoms with Gasteiger partial charge in [0.05, 0.1) is 19.2 Å². The fraction of sp³-hybridized carbons (Fsp3) is 0.269. The standard InChI is InChI=1S/C26H24F4N4O/c1-35-22-9-4-7-20(16-22)32-11-13-33(14-12-32)25-31-24-18(5-2-10-23(24)27)17-34(25)21-8-3-6-19(15-21)26(28,29)30/h2-10,15-16H,11-14,17H2,1H3.